The number of carboxylic acid groups (broad SMARTS) is 2. The van der Waals surface area contributed by atoms with Crippen LogP contribution in [-0.4, -0.2) is 98.3 Å². The number of hydrogen-bond donors (Lipinski definition) is 3. The maximum absolute atomic E-state index is 12.6. The second-order valence-electron chi connectivity index (χ2n) is 12.7. The van der Waals surface area contributed by atoms with Crippen molar-refractivity contribution in [2.75, 3.05) is 45.1 Å². The van der Waals surface area contributed by atoms with Crippen molar-refractivity contribution in [1.82, 2.24) is 24.8 Å². The zero-order chi connectivity index (χ0) is 36.5. The number of hydrogen-bond acceptors (Lipinski definition) is 9. The van der Waals surface area contributed by atoms with E-state index in [0.29, 0.717) is 62.9 Å². The first kappa shape index (κ1) is 38.0. The largest absolute Gasteiger partial charge is 0.493 e. The van der Waals surface area contributed by atoms with E-state index >= 15 is 0 Å². The number of benzene rings is 2. The van der Waals surface area contributed by atoms with Crippen LogP contribution in [0.1, 0.15) is 36.8 Å². The average molecular weight is 732 g/mol. The second kappa shape index (κ2) is 20.0. The fourth-order valence-electron chi connectivity index (χ4n) is 5.79. The van der Waals surface area contributed by atoms with E-state index in [0.717, 1.165) is 59.9 Å². The number of imidazole rings is 1. The number of likely N-dealkylation sites (tertiary alicyclic amines) is 2. The van der Waals surface area contributed by atoms with Crippen molar-refractivity contribution < 1.29 is 38.8 Å². The van der Waals surface area contributed by atoms with E-state index in [9.17, 15) is 14.4 Å². The Labute approximate surface area is 307 Å². The van der Waals surface area contributed by atoms with Gasteiger partial charge in [-0.05, 0) is 79.0 Å². The lowest BCUT2D eigenvalue weighted by Crippen LogP contribution is -2.41. The average Bonchev–Trinajstić information content (AvgIpc) is 3.69. The van der Waals surface area contributed by atoms with E-state index in [1.54, 1.807) is 65.5 Å². The van der Waals surface area contributed by atoms with E-state index in [1.165, 1.54) is 4.90 Å². The minimum absolute atomic E-state index is 0.000612. The van der Waals surface area contributed by atoms with Gasteiger partial charge in [0.15, 0.2) is 5.16 Å². The molecule has 0 radical (unpaired) electrons. The number of H-pyrrole nitrogens is 1. The van der Waals surface area contributed by atoms with Crippen LogP contribution in [0.3, 0.4) is 0 Å². The highest BCUT2D eigenvalue weighted by Crippen LogP contribution is 2.25. The van der Waals surface area contributed by atoms with E-state index in [4.69, 9.17) is 24.4 Å². The van der Waals surface area contributed by atoms with Crippen LogP contribution in [0, 0.1) is 11.8 Å². The minimum atomic E-state index is -0.853. The number of thioether (sulfide) groups is 1. The van der Waals surface area contributed by atoms with Crippen molar-refractivity contribution in [1.29, 1.82) is 0 Å². The first-order valence-electron chi connectivity index (χ1n) is 17.4. The lowest BCUT2D eigenvalue weighted by atomic mass is 9.98. The predicted molar refractivity (Wildman–Crippen MR) is 195 cm³/mol. The number of rotatable bonds is 13. The summed E-state index contributed by atoms with van der Waals surface area (Å²) in [5.74, 6) is 2.95. The number of piperidine rings is 2. The standard InChI is InChI=1S/C28H30N2O6.C10H15N3O2S/c31-27(32)19-22-6-8-24(9-7-22)35-20-23-12-16-30(17-13-23)28(33)36-25-10-4-21(5-11-25)14-18-34-26-3-1-2-15-29-26;14-10(15)13-5-1-8(2-6-13)7-16-9-11-3-4-12-9/h1-11,15,23H,12-14,16-20H2,(H,31,32);3-4,8H,1-2,5-7H2,(H,11,12)(H,14,15). The first-order chi connectivity index (χ1) is 25.3. The number of aliphatic carboxylic acids is 1. The first-order valence-corrected chi connectivity index (χ1v) is 18.4. The molecule has 6 rings (SSSR count). The molecule has 0 saturated carbocycles. The number of aromatic amines is 1. The summed E-state index contributed by atoms with van der Waals surface area (Å²) in [5.41, 5.74) is 1.83. The molecule has 13 nitrogen and oxygen atoms in total. The fraction of sp³-hybridized carbons (Fsp3) is 0.395. The van der Waals surface area contributed by atoms with Crippen LogP contribution in [0.4, 0.5) is 9.59 Å². The van der Waals surface area contributed by atoms with Crippen molar-refractivity contribution in [3.05, 3.63) is 96.4 Å². The number of ether oxygens (including phenoxy) is 3. The highest BCUT2D eigenvalue weighted by atomic mass is 32.2. The molecule has 4 aromatic rings. The molecule has 4 heterocycles. The van der Waals surface area contributed by atoms with E-state index in [-0.39, 0.29) is 12.5 Å². The van der Waals surface area contributed by atoms with Gasteiger partial charge >= 0.3 is 18.2 Å². The Morgan fingerprint density at radius 3 is 2.08 bits per heavy atom. The minimum Gasteiger partial charge on any atom is -0.493 e. The molecule has 2 aromatic heterocycles. The molecular weight excluding hydrogens is 687 g/mol. The fourth-order valence-corrected chi connectivity index (χ4v) is 6.80. The Morgan fingerprint density at radius 1 is 0.769 bits per heavy atom. The van der Waals surface area contributed by atoms with Gasteiger partial charge in [0.1, 0.15) is 11.5 Å². The molecule has 2 aromatic carbocycles. The van der Waals surface area contributed by atoms with Gasteiger partial charge in [0.2, 0.25) is 5.88 Å². The molecule has 3 N–H and O–H groups in total. The summed E-state index contributed by atoms with van der Waals surface area (Å²) in [7, 11) is 0. The molecule has 0 aliphatic carbocycles. The van der Waals surface area contributed by atoms with Crippen LogP contribution in [0.5, 0.6) is 17.4 Å². The molecule has 2 saturated heterocycles. The Hall–Kier alpha value is -5.24. The van der Waals surface area contributed by atoms with Crippen molar-refractivity contribution in [3.63, 3.8) is 0 Å². The van der Waals surface area contributed by atoms with Gasteiger partial charge in [-0.2, -0.15) is 0 Å². The Balaban J connectivity index is 0.000000272. The summed E-state index contributed by atoms with van der Waals surface area (Å²) < 4.78 is 17.0. The van der Waals surface area contributed by atoms with Gasteiger partial charge in [-0.25, -0.2) is 19.6 Å². The highest BCUT2D eigenvalue weighted by molar-refractivity contribution is 7.99. The van der Waals surface area contributed by atoms with Gasteiger partial charge in [-0.15, -0.1) is 0 Å². The topological polar surface area (TPSA) is 167 Å². The van der Waals surface area contributed by atoms with Crippen LogP contribution < -0.4 is 14.2 Å². The van der Waals surface area contributed by atoms with Gasteiger partial charge in [0, 0.05) is 63.0 Å². The van der Waals surface area contributed by atoms with Crippen molar-refractivity contribution in [2.24, 2.45) is 11.8 Å². The van der Waals surface area contributed by atoms with Gasteiger partial charge < -0.3 is 39.2 Å². The van der Waals surface area contributed by atoms with Crippen LogP contribution in [-0.2, 0) is 17.6 Å². The maximum atomic E-state index is 12.6. The molecule has 0 spiro atoms. The summed E-state index contributed by atoms with van der Waals surface area (Å²) in [4.78, 5) is 48.6. The van der Waals surface area contributed by atoms with Crippen molar-refractivity contribution in [2.45, 2.75) is 43.7 Å². The predicted octanol–water partition coefficient (Wildman–Crippen LogP) is 6.51. The van der Waals surface area contributed by atoms with Crippen LogP contribution in [0.15, 0.2) is 90.5 Å². The second-order valence-corrected chi connectivity index (χ2v) is 13.7. The van der Waals surface area contributed by atoms with Crippen molar-refractivity contribution in [3.8, 4) is 17.4 Å². The highest BCUT2D eigenvalue weighted by Gasteiger charge is 2.25. The summed E-state index contributed by atoms with van der Waals surface area (Å²) in [5, 5.41) is 18.6. The molecule has 2 fully saturated rings. The molecule has 2 aliphatic rings. The molecule has 0 unspecified atom stereocenters. The molecular formula is C38H45N5O8S. The Bertz CT molecular complexity index is 1660. The normalized spacial score (nSPS) is 14.9. The summed E-state index contributed by atoms with van der Waals surface area (Å²) >= 11 is 1.71. The lowest BCUT2D eigenvalue weighted by molar-refractivity contribution is -0.136. The number of carbonyl (C=O) groups is 3. The molecule has 2 aliphatic heterocycles. The smallest absolute Gasteiger partial charge is 0.415 e. The van der Waals surface area contributed by atoms with Gasteiger partial charge in [-0.3, -0.25) is 4.79 Å². The third-order valence-corrected chi connectivity index (χ3v) is 9.99. The molecule has 2 amide bonds. The molecule has 52 heavy (non-hydrogen) atoms. The summed E-state index contributed by atoms with van der Waals surface area (Å²) in [6.07, 6.45) is 8.44. The third kappa shape index (κ3) is 12.8. The summed E-state index contributed by atoms with van der Waals surface area (Å²) in [6.45, 7) is 3.65. The van der Waals surface area contributed by atoms with Crippen molar-refractivity contribution >= 4 is 29.9 Å². The number of amides is 2. The number of carboxylic acids is 1. The quantitative estimate of drug-likeness (QED) is 0.128. The van der Waals surface area contributed by atoms with Gasteiger partial charge in [0.05, 0.1) is 19.6 Å². The Morgan fingerprint density at radius 2 is 1.44 bits per heavy atom. The number of nitrogens with zero attached hydrogens (tertiary/aromatic N) is 4. The molecule has 276 valence electrons. The lowest BCUT2D eigenvalue weighted by Gasteiger charge is -2.31. The van der Waals surface area contributed by atoms with E-state index in [1.807, 2.05) is 36.5 Å². The number of nitrogens with one attached hydrogen (secondary N) is 1. The molecule has 14 heteroatoms. The SMILES string of the molecule is O=C(O)Cc1ccc(OCC2CCN(C(=O)Oc3ccc(CCOc4ccccn4)cc3)CC2)cc1.O=C(O)N1CCC(CSc2ncc[nH]2)CC1. The van der Waals surface area contributed by atoms with E-state index < -0.39 is 12.1 Å². The van der Waals surface area contributed by atoms with Crippen LogP contribution in [0.2, 0.25) is 0 Å². The number of aromatic nitrogens is 3. The van der Waals surface area contributed by atoms with Gasteiger partial charge in [0.25, 0.3) is 0 Å². The number of pyridine rings is 1. The Kier molecular flexibility index (Phi) is 14.6. The van der Waals surface area contributed by atoms with Gasteiger partial charge in [-0.1, -0.05) is 42.1 Å². The summed E-state index contributed by atoms with van der Waals surface area (Å²) in [6, 6.07) is 20.1. The molecule has 0 atom stereocenters. The zero-order valence-corrected chi connectivity index (χ0v) is 29.8. The van der Waals surface area contributed by atoms with Crippen LogP contribution in [0.25, 0.3) is 0 Å². The maximum Gasteiger partial charge on any atom is 0.415 e. The monoisotopic (exact) mass is 731 g/mol. The third-order valence-electron chi connectivity index (χ3n) is 8.86. The zero-order valence-electron chi connectivity index (χ0n) is 29.0. The number of carbonyl (C=O) groups excluding carboxylic acids is 1. The van der Waals surface area contributed by atoms with Crippen LogP contribution >= 0.6 is 11.8 Å². The van der Waals surface area contributed by atoms with E-state index in [2.05, 4.69) is 15.0 Å². The molecule has 0 bridgehead atoms.